The minimum Gasteiger partial charge on any atom is -0.456 e. The zero-order valence-electron chi connectivity index (χ0n) is 38.0. The fourth-order valence-electron chi connectivity index (χ4n) is 5.88. The number of furan rings is 1. The lowest BCUT2D eigenvalue weighted by Gasteiger charge is -2.27. The van der Waals surface area contributed by atoms with Crippen LogP contribution < -0.4 is 4.90 Å². The van der Waals surface area contributed by atoms with E-state index in [1.807, 2.05) is 66.7 Å². The molecule has 0 spiro atoms. The van der Waals surface area contributed by atoms with Gasteiger partial charge in [0.1, 0.15) is 11.2 Å². The Bertz CT molecular complexity index is 3280. The highest BCUT2D eigenvalue weighted by molar-refractivity contribution is 6.07. The SMILES string of the molecule is [2H]c1cc2c(-c3c([2H])c([2H])c([2H])c([2H])c3[2H])c([2H])c(-c3c([2H])c([2H])c(N(c4ccc5c(c4)oc4ccccc45)c4cccc5ccccc45)c([2H])c3[2H])c([2H])c2c([2H])c1[2H]. The summed E-state index contributed by atoms with van der Waals surface area (Å²) in [5.41, 5.74) is 0.0611. The van der Waals surface area contributed by atoms with Crippen LogP contribution in [0.15, 0.2) is 180 Å². The first-order valence-electron chi connectivity index (χ1n) is 21.5. The fourth-order valence-corrected chi connectivity index (χ4v) is 5.88. The van der Waals surface area contributed by atoms with Crippen molar-refractivity contribution in [2.24, 2.45) is 0 Å². The van der Waals surface area contributed by atoms with E-state index in [0.29, 0.717) is 22.5 Å². The van der Waals surface area contributed by atoms with Gasteiger partial charge in [-0.15, -0.1) is 0 Å². The minimum atomic E-state index is -0.729. The third kappa shape index (κ3) is 4.43. The molecule has 0 bridgehead atoms. The molecule has 1 aromatic heterocycles. The number of para-hydroxylation sites is 1. The van der Waals surface area contributed by atoms with Crippen molar-refractivity contribution in [3.63, 3.8) is 0 Å². The van der Waals surface area contributed by atoms with Crippen LogP contribution >= 0.6 is 0 Å². The molecular formula is C44H29NO. The molecule has 9 rings (SSSR count). The van der Waals surface area contributed by atoms with Crippen LogP contribution in [-0.4, -0.2) is 0 Å². The molecule has 0 N–H and O–H groups in total. The normalized spacial score (nSPS) is 15.7. The summed E-state index contributed by atoms with van der Waals surface area (Å²) in [6.45, 7) is 0. The summed E-state index contributed by atoms with van der Waals surface area (Å²) in [4.78, 5) is 1.60. The van der Waals surface area contributed by atoms with E-state index in [4.69, 9.17) is 15.4 Å². The number of hydrogen-bond acceptors (Lipinski definition) is 2. The molecular weight excluding hydrogens is 558 g/mol. The summed E-state index contributed by atoms with van der Waals surface area (Å²) in [5.74, 6) is 0. The van der Waals surface area contributed by atoms with Gasteiger partial charge in [0.2, 0.25) is 0 Å². The molecule has 0 atom stereocenters. The third-order valence-corrected chi connectivity index (χ3v) is 7.98. The monoisotopic (exact) mass is 601 g/mol. The van der Waals surface area contributed by atoms with E-state index in [2.05, 4.69) is 0 Å². The first-order valence-corrected chi connectivity index (χ1v) is 14.5. The number of rotatable bonds is 5. The van der Waals surface area contributed by atoms with Crippen molar-refractivity contribution in [2.45, 2.75) is 0 Å². The van der Waals surface area contributed by atoms with Crippen molar-refractivity contribution in [2.75, 3.05) is 4.90 Å². The largest absolute Gasteiger partial charge is 0.456 e. The van der Waals surface area contributed by atoms with Gasteiger partial charge in [0.25, 0.3) is 0 Å². The predicted molar refractivity (Wildman–Crippen MR) is 194 cm³/mol. The van der Waals surface area contributed by atoms with Crippen LogP contribution in [0.25, 0.3) is 65.7 Å². The Morgan fingerprint density at radius 3 is 2.11 bits per heavy atom. The van der Waals surface area contributed by atoms with Crippen molar-refractivity contribution in [1.82, 2.24) is 0 Å². The Labute approximate surface area is 287 Å². The van der Waals surface area contributed by atoms with Gasteiger partial charge < -0.3 is 9.32 Å². The van der Waals surface area contributed by atoms with Gasteiger partial charge in [-0.3, -0.25) is 0 Å². The zero-order chi connectivity index (χ0) is 42.6. The number of fused-ring (bicyclic) bond motifs is 5. The summed E-state index contributed by atoms with van der Waals surface area (Å²) in [6.07, 6.45) is 0. The smallest absolute Gasteiger partial charge is 0.137 e. The van der Waals surface area contributed by atoms with Crippen LogP contribution in [0.5, 0.6) is 0 Å². The molecule has 0 unspecified atom stereocenters. The number of anilines is 3. The quantitative estimate of drug-likeness (QED) is 0.195. The van der Waals surface area contributed by atoms with E-state index in [1.165, 1.54) is 0 Å². The second kappa shape index (κ2) is 10.8. The molecule has 0 amide bonds. The number of hydrogen-bond donors (Lipinski definition) is 0. The van der Waals surface area contributed by atoms with E-state index in [-0.39, 0.29) is 22.0 Å². The maximum absolute atomic E-state index is 9.58. The van der Waals surface area contributed by atoms with Crippen molar-refractivity contribution in [1.29, 1.82) is 0 Å². The van der Waals surface area contributed by atoms with Crippen LogP contribution in [0.4, 0.5) is 17.1 Å². The Morgan fingerprint density at radius 2 is 1.22 bits per heavy atom. The first kappa shape index (κ1) is 15.7. The molecule has 9 aromatic rings. The molecule has 216 valence electrons. The van der Waals surface area contributed by atoms with Gasteiger partial charge in [-0.25, -0.2) is 0 Å². The van der Waals surface area contributed by atoms with Crippen LogP contribution in [0.3, 0.4) is 0 Å². The van der Waals surface area contributed by atoms with Crippen LogP contribution in [0, 0.1) is 0 Å². The first-order chi connectivity index (χ1) is 28.6. The average molecular weight is 602 g/mol. The molecule has 1 heterocycles. The fraction of sp³-hybridized carbons (Fsp3) is 0. The van der Waals surface area contributed by atoms with Crippen molar-refractivity contribution in [3.05, 3.63) is 176 Å². The highest BCUT2D eigenvalue weighted by Gasteiger charge is 2.18. The van der Waals surface area contributed by atoms with Gasteiger partial charge in [0.05, 0.1) is 24.9 Å². The Balaban J connectivity index is 1.38. The molecule has 0 saturated heterocycles. The van der Waals surface area contributed by atoms with E-state index in [0.717, 1.165) is 27.6 Å². The summed E-state index contributed by atoms with van der Waals surface area (Å²) in [7, 11) is 0. The van der Waals surface area contributed by atoms with E-state index < -0.39 is 101 Å². The Morgan fingerprint density at radius 1 is 0.457 bits per heavy atom. The van der Waals surface area contributed by atoms with Crippen molar-refractivity contribution >= 4 is 60.5 Å². The van der Waals surface area contributed by atoms with Crippen LogP contribution in [0.2, 0.25) is 0 Å². The van der Waals surface area contributed by atoms with Gasteiger partial charge in [-0.1, -0.05) is 121 Å². The third-order valence-electron chi connectivity index (χ3n) is 7.98. The van der Waals surface area contributed by atoms with Crippen molar-refractivity contribution in [3.8, 4) is 22.3 Å². The van der Waals surface area contributed by atoms with Gasteiger partial charge in [0.15, 0.2) is 0 Å². The minimum absolute atomic E-state index is 0.168. The molecule has 0 radical (unpaired) electrons. The van der Waals surface area contributed by atoms with Gasteiger partial charge in [0, 0.05) is 33.6 Å². The highest BCUT2D eigenvalue weighted by atomic mass is 16.3. The Kier molecular flexibility index (Phi) is 3.70. The topological polar surface area (TPSA) is 16.4 Å². The summed E-state index contributed by atoms with van der Waals surface area (Å²) < 4.78 is 131. The van der Waals surface area contributed by atoms with E-state index in [1.54, 1.807) is 23.1 Å². The van der Waals surface area contributed by atoms with E-state index in [9.17, 15) is 8.22 Å². The predicted octanol–water partition coefficient (Wildman–Crippen LogP) is 12.7. The number of nitrogens with zero attached hydrogens (tertiary/aromatic N) is 1. The van der Waals surface area contributed by atoms with Gasteiger partial charge in [-0.2, -0.15) is 0 Å². The molecule has 8 aromatic carbocycles. The highest BCUT2D eigenvalue weighted by Crippen LogP contribution is 2.42. The molecule has 0 aliphatic rings. The second-order valence-corrected chi connectivity index (χ2v) is 10.7. The lowest BCUT2D eigenvalue weighted by molar-refractivity contribution is 0.669. The van der Waals surface area contributed by atoms with Crippen LogP contribution in [-0.2, 0) is 0 Å². The lowest BCUT2D eigenvalue weighted by atomic mass is 9.93. The average Bonchev–Trinajstić information content (AvgIpc) is 3.62. The maximum Gasteiger partial charge on any atom is 0.137 e. The van der Waals surface area contributed by atoms with E-state index >= 15 is 0 Å². The standard InChI is InChI=1S/C44H29NO/c1-2-11-32(12-3-1)41-28-34(27-33-14-5-6-16-37(33)41)30-21-23-35(24-22-30)45(42-19-10-15-31-13-4-7-17-38(31)42)36-25-26-40-39-18-8-9-20-43(39)46-44(40)29-36/h1-29H/i1D,2D,3D,5D,6D,11D,12D,14D,21D,22D,23D,24D,27D,28D. The second-order valence-electron chi connectivity index (χ2n) is 10.7. The molecule has 46 heavy (non-hydrogen) atoms. The number of benzene rings is 8. The molecule has 2 heteroatoms. The Hall–Kier alpha value is -6.12. The molecule has 0 saturated carbocycles. The van der Waals surface area contributed by atoms with Gasteiger partial charge in [-0.05, 0) is 86.8 Å². The maximum atomic E-state index is 9.58. The molecule has 2 nitrogen and oxygen atoms in total. The molecule has 0 aliphatic heterocycles. The van der Waals surface area contributed by atoms with Gasteiger partial charge >= 0.3 is 0 Å². The lowest BCUT2D eigenvalue weighted by Crippen LogP contribution is -2.10. The van der Waals surface area contributed by atoms with Crippen LogP contribution in [0.1, 0.15) is 19.2 Å². The zero-order valence-corrected chi connectivity index (χ0v) is 24.0. The summed E-state index contributed by atoms with van der Waals surface area (Å²) in [6, 6.07) is 18.0. The molecule has 0 aliphatic carbocycles. The summed E-state index contributed by atoms with van der Waals surface area (Å²) in [5, 5.41) is 2.75. The molecule has 0 fully saturated rings. The summed E-state index contributed by atoms with van der Waals surface area (Å²) >= 11 is 0. The van der Waals surface area contributed by atoms with Crippen molar-refractivity contribution < 1.29 is 23.6 Å².